The van der Waals surface area contributed by atoms with Crippen molar-refractivity contribution in [2.75, 3.05) is 0 Å². The molecule has 0 saturated heterocycles. The van der Waals surface area contributed by atoms with E-state index in [1.807, 2.05) is 105 Å². The van der Waals surface area contributed by atoms with Crippen LogP contribution >= 0.6 is 0 Å². The predicted molar refractivity (Wildman–Crippen MR) is 136 cm³/mol. The summed E-state index contributed by atoms with van der Waals surface area (Å²) in [6.07, 6.45) is 6.03. The maximum Gasteiger partial charge on any atom is 1.00 e. The van der Waals surface area contributed by atoms with Crippen molar-refractivity contribution in [3.05, 3.63) is 128 Å². The summed E-state index contributed by atoms with van der Waals surface area (Å²) in [7, 11) is -1.48. The molecule has 0 amide bonds. The van der Waals surface area contributed by atoms with Crippen molar-refractivity contribution in [3.8, 4) is 33.8 Å². The zero-order chi connectivity index (χ0) is 22.7. The van der Waals surface area contributed by atoms with Crippen LogP contribution < -0.4 is 51.4 Å². The molecule has 0 saturated carbocycles. The van der Waals surface area contributed by atoms with Crippen LogP contribution in [0, 0.1) is 0 Å². The van der Waals surface area contributed by atoms with Gasteiger partial charge in [-0.3, -0.25) is 0 Å². The Morgan fingerprint density at radius 3 is 0.971 bits per heavy atom. The van der Waals surface area contributed by atoms with Crippen molar-refractivity contribution in [1.82, 2.24) is 29.1 Å². The molecule has 0 N–H and O–H groups in total. The van der Waals surface area contributed by atoms with Crippen molar-refractivity contribution < 1.29 is 51.4 Å². The van der Waals surface area contributed by atoms with Crippen LogP contribution in [0.25, 0.3) is 33.8 Å². The van der Waals surface area contributed by atoms with Gasteiger partial charge in [0.15, 0.2) is 0 Å². The van der Waals surface area contributed by atoms with Crippen LogP contribution in [0.2, 0.25) is 0 Å². The van der Waals surface area contributed by atoms with E-state index < -0.39 is 7.12 Å². The first-order valence-corrected chi connectivity index (χ1v) is 11.3. The van der Waals surface area contributed by atoms with Crippen LogP contribution in [-0.4, -0.2) is 36.2 Å². The summed E-state index contributed by atoms with van der Waals surface area (Å²) in [5, 5.41) is 14.8. The van der Waals surface area contributed by atoms with E-state index in [1.165, 1.54) is 0 Å². The van der Waals surface area contributed by atoms with E-state index in [0.29, 0.717) is 0 Å². The second-order valence-electron chi connectivity index (χ2n) is 8.24. The van der Waals surface area contributed by atoms with Crippen LogP contribution in [0.15, 0.2) is 128 Å². The molecule has 0 unspecified atom stereocenters. The molecule has 0 spiro atoms. The zero-order valence-corrected chi connectivity index (χ0v) is 22.6. The maximum absolute atomic E-state index is 4.93. The molecule has 3 aromatic heterocycles. The fourth-order valence-corrected chi connectivity index (χ4v) is 4.29. The Balaban J connectivity index is 0.00000253. The normalized spacial score (nSPS) is 10.9. The zero-order valence-electron chi connectivity index (χ0n) is 19.5. The Morgan fingerprint density at radius 1 is 0.400 bits per heavy atom. The van der Waals surface area contributed by atoms with E-state index in [-0.39, 0.29) is 51.4 Å². The Labute approximate surface area is 246 Å². The molecule has 0 aliphatic rings. The molecule has 0 aliphatic carbocycles. The minimum absolute atomic E-state index is 0. The summed E-state index contributed by atoms with van der Waals surface area (Å²) >= 11 is 0. The second-order valence-corrected chi connectivity index (χ2v) is 8.24. The number of rotatable bonds is 6. The number of hydrogen-bond donors (Lipinski definition) is 0. The maximum atomic E-state index is 4.93. The third-order valence-electron chi connectivity index (χ3n) is 6.00. The van der Waals surface area contributed by atoms with Gasteiger partial charge in [-0.1, -0.05) is 91.0 Å². The monoisotopic (exact) mass is 480 g/mol. The van der Waals surface area contributed by atoms with Crippen LogP contribution in [-0.2, 0) is 0 Å². The first-order chi connectivity index (χ1) is 16.8. The molecule has 0 radical (unpaired) electrons. The number of benzene rings is 3. The van der Waals surface area contributed by atoms with E-state index in [4.69, 9.17) is 15.3 Å². The van der Waals surface area contributed by atoms with Gasteiger partial charge in [0.25, 0.3) is 0 Å². The largest absolute Gasteiger partial charge is 1.00 e. The van der Waals surface area contributed by atoms with E-state index >= 15 is 0 Å². The molecule has 35 heavy (non-hydrogen) atoms. The average Bonchev–Trinajstić information content (AvgIpc) is 3.68. The third-order valence-corrected chi connectivity index (χ3v) is 6.00. The van der Waals surface area contributed by atoms with Gasteiger partial charge in [-0.15, -0.1) is 0 Å². The molecular formula is C27H22BKN6. The minimum atomic E-state index is -1.48. The predicted octanol–water partition coefficient (Wildman–Crippen LogP) is 1.94. The van der Waals surface area contributed by atoms with Gasteiger partial charge in [0.2, 0.25) is 0 Å². The Bertz CT molecular complexity index is 1320. The van der Waals surface area contributed by atoms with Gasteiger partial charge in [0.1, 0.15) is 0 Å². The Morgan fingerprint density at radius 2 is 0.686 bits per heavy atom. The summed E-state index contributed by atoms with van der Waals surface area (Å²) in [5.41, 5.74) is 6.00. The fraction of sp³-hybridized carbons (Fsp3) is 0. The summed E-state index contributed by atoms with van der Waals surface area (Å²) in [5.74, 6) is 0. The van der Waals surface area contributed by atoms with E-state index in [9.17, 15) is 0 Å². The van der Waals surface area contributed by atoms with Gasteiger partial charge in [-0.25, -0.2) is 15.3 Å². The molecule has 0 aliphatic heterocycles. The van der Waals surface area contributed by atoms with E-state index in [1.54, 1.807) is 0 Å². The molecule has 6 nitrogen and oxygen atoms in total. The van der Waals surface area contributed by atoms with Crippen LogP contribution in [0.3, 0.4) is 0 Å². The van der Waals surface area contributed by atoms with Gasteiger partial charge in [-0.05, 0) is 36.8 Å². The van der Waals surface area contributed by atoms with E-state index in [0.717, 1.165) is 33.8 Å². The van der Waals surface area contributed by atoms with Crippen molar-refractivity contribution in [2.45, 2.75) is 0 Å². The van der Waals surface area contributed by atoms with Crippen molar-refractivity contribution in [3.63, 3.8) is 0 Å². The van der Waals surface area contributed by atoms with Gasteiger partial charge >= 0.3 is 58.5 Å². The SMILES string of the molecule is [K+].c1ccc(-c2ccn([BH-](n3ccc(-c4ccccc4)n3)n3ccc(-c4ccccc4)n3)n2)cc1. The Hall–Kier alpha value is -3.01. The molecule has 3 aromatic carbocycles. The summed E-state index contributed by atoms with van der Waals surface area (Å²) in [4.78, 5) is 0. The molecule has 6 rings (SSSR count). The summed E-state index contributed by atoms with van der Waals surface area (Å²) in [6, 6.07) is 36.7. The molecule has 164 valence electrons. The smallest absolute Gasteiger partial charge is 0.402 e. The fourth-order valence-electron chi connectivity index (χ4n) is 4.29. The number of nitrogens with zero attached hydrogens (tertiary/aromatic N) is 6. The standard InChI is InChI=1S/C27H22BN6.K/c1-4-10-22(11-5-1)25-16-19-32(29-25)28(33-20-17-26(30-33)23-12-6-2-7-13-23)34-21-18-27(31-34)24-14-8-3-9-15-24;/h1-21,28H;/q-1;+1. The van der Waals surface area contributed by atoms with Crippen LogP contribution in [0.1, 0.15) is 0 Å². The molecule has 0 bridgehead atoms. The van der Waals surface area contributed by atoms with Crippen LogP contribution in [0.4, 0.5) is 0 Å². The summed E-state index contributed by atoms with van der Waals surface area (Å²) < 4.78 is 5.93. The van der Waals surface area contributed by atoms with Gasteiger partial charge in [0.05, 0.1) is 17.1 Å². The molecule has 3 heterocycles. The van der Waals surface area contributed by atoms with Crippen molar-refractivity contribution in [1.29, 1.82) is 0 Å². The topological polar surface area (TPSA) is 53.5 Å². The van der Waals surface area contributed by atoms with Gasteiger partial charge < -0.3 is 13.8 Å². The van der Waals surface area contributed by atoms with Gasteiger partial charge in [-0.2, -0.15) is 0 Å². The van der Waals surface area contributed by atoms with Crippen molar-refractivity contribution >= 4 is 7.12 Å². The first kappa shape index (κ1) is 23.7. The average molecular weight is 480 g/mol. The number of hydrogen-bond acceptors (Lipinski definition) is 3. The van der Waals surface area contributed by atoms with Gasteiger partial charge in [0, 0.05) is 16.7 Å². The minimum Gasteiger partial charge on any atom is -0.402 e. The number of aromatic nitrogens is 6. The van der Waals surface area contributed by atoms with Crippen molar-refractivity contribution in [2.24, 2.45) is 0 Å². The molecule has 8 heteroatoms. The first-order valence-electron chi connectivity index (χ1n) is 11.3. The Kier molecular flexibility index (Phi) is 7.27. The molecular weight excluding hydrogens is 458 g/mol. The third kappa shape index (κ3) is 5.03. The molecule has 0 atom stereocenters. The quantitative estimate of drug-likeness (QED) is 0.343. The molecule has 6 aromatic rings. The van der Waals surface area contributed by atoms with Crippen LogP contribution in [0.5, 0.6) is 0 Å². The second kappa shape index (κ2) is 10.7. The van der Waals surface area contributed by atoms with E-state index in [2.05, 4.69) is 36.4 Å². The molecule has 0 fully saturated rings. The summed E-state index contributed by atoms with van der Waals surface area (Å²) in [6.45, 7) is 0.